The molecule has 0 N–H and O–H groups in total. The average molecular weight is 470 g/mol. The molecule has 5 nitrogen and oxygen atoms in total. The summed E-state index contributed by atoms with van der Waals surface area (Å²) in [5.74, 6) is 3.33. The molecule has 0 aliphatic carbocycles. The molecule has 0 fully saturated rings. The van der Waals surface area contributed by atoms with Crippen molar-refractivity contribution in [3.8, 4) is 23.0 Å². The summed E-state index contributed by atoms with van der Waals surface area (Å²) in [7, 11) is 3.45. The Labute approximate surface area is 206 Å². The first kappa shape index (κ1) is 21.9. The minimum atomic E-state index is 0.168. The van der Waals surface area contributed by atoms with Crippen molar-refractivity contribution in [3.63, 3.8) is 0 Å². The molecule has 5 heteroatoms. The van der Waals surface area contributed by atoms with Crippen LogP contribution in [0.1, 0.15) is 53.6 Å². The minimum Gasteiger partial charge on any atom is -0.493 e. The normalized spacial score (nSPS) is 17.6. The van der Waals surface area contributed by atoms with E-state index < -0.39 is 0 Å². The number of ether oxygens (including phenoxy) is 4. The van der Waals surface area contributed by atoms with E-state index in [9.17, 15) is 0 Å². The van der Waals surface area contributed by atoms with Crippen molar-refractivity contribution in [3.05, 3.63) is 82.4 Å². The summed E-state index contributed by atoms with van der Waals surface area (Å²) in [5, 5.41) is 0. The fourth-order valence-corrected chi connectivity index (χ4v) is 5.92. The smallest absolute Gasteiger partial charge is 0.231 e. The van der Waals surface area contributed by atoms with Gasteiger partial charge in [-0.05, 0) is 73.1 Å². The third-order valence-electron chi connectivity index (χ3n) is 7.58. The van der Waals surface area contributed by atoms with Crippen LogP contribution in [0.2, 0.25) is 0 Å². The molecule has 0 radical (unpaired) electrons. The number of rotatable bonds is 6. The number of fused-ring (bicyclic) bond motifs is 5. The van der Waals surface area contributed by atoms with E-state index in [1.807, 2.05) is 6.07 Å². The van der Waals surface area contributed by atoms with Gasteiger partial charge in [-0.1, -0.05) is 36.4 Å². The van der Waals surface area contributed by atoms with E-state index in [1.54, 1.807) is 14.2 Å². The molecular formula is C30H31NO4. The Bertz CT molecular complexity index is 1300. The molecule has 3 aromatic rings. The largest absolute Gasteiger partial charge is 0.493 e. The quantitative estimate of drug-likeness (QED) is 0.426. The van der Waals surface area contributed by atoms with Crippen LogP contribution in [-0.4, -0.2) is 32.5 Å². The lowest BCUT2D eigenvalue weighted by molar-refractivity contribution is 0.174. The number of nitrogens with zero attached hydrogens (tertiary/aromatic N) is 1. The van der Waals surface area contributed by atoms with Crippen molar-refractivity contribution in [1.29, 1.82) is 0 Å². The van der Waals surface area contributed by atoms with E-state index in [4.69, 9.17) is 18.9 Å². The second kappa shape index (κ2) is 8.88. The predicted molar refractivity (Wildman–Crippen MR) is 137 cm³/mol. The third-order valence-corrected chi connectivity index (χ3v) is 7.58. The molecule has 0 bridgehead atoms. The van der Waals surface area contributed by atoms with Crippen LogP contribution >= 0.6 is 0 Å². The number of aryl methyl sites for hydroxylation is 1. The Hall–Kier alpha value is -3.60. The van der Waals surface area contributed by atoms with Gasteiger partial charge in [0.2, 0.25) is 6.79 Å². The van der Waals surface area contributed by atoms with Crippen LogP contribution in [0.5, 0.6) is 23.0 Å². The van der Waals surface area contributed by atoms with E-state index in [0.717, 1.165) is 55.2 Å². The Morgan fingerprint density at radius 3 is 2.49 bits per heavy atom. The van der Waals surface area contributed by atoms with Crippen LogP contribution in [0.3, 0.4) is 0 Å². The molecule has 0 spiro atoms. The van der Waals surface area contributed by atoms with Gasteiger partial charge in [-0.15, -0.1) is 0 Å². The summed E-state index contributed by atoms with van der Waals surface area (Å²) in [6.07, 6.45) is 4.06. The van der Waals surface area contributed by atoms with Gasteiger partial charge in [0, 0.05) is 23.4 Å². The summed E-state index contributed by atoms with van der Waals surface area (Å²) < 4.78 is 23.1. The van der Waals surface area contributed by atoms with Gasteiger partial charge in [-0.3, -0.25) is 0 Å². The maximum absolute atomic E-state index is 5.93. The van der Waals surface area contributed by atoms with Crippen molar-refractivity contribution >= 4 is 11.3 Å². The number of hydrogen-bond acceptors (Lipinski definition) is 5. The van der Waals surface area contributed by atoms with Gasteiger partial charge in [0.05, 0.1) is 20.3 Å². The lowest BCUT2D eigenvalue weighted by atomic mass is 9.80. The van der Waals surface area contributed by atoms with E-state index in [0.29, 0.717) is 6.79 Å². The zero-order chi connectivity index (χ0) is 23.9. The number of hydrogen-bond donors (Lipinski definition) is 0. The molecule has 0 saturated carbocycles. The third kappa shape index (κ3) is 3.61. The van der Waals surface area contributed by atoms with Crippen LogP contribution in [0, 0.1) is 0 Å². The van der Waals surface area contributed by atoms with E-state index in [-0.39, 0.29) is 6.04 Å². The molecule has 6 rings (SSSR count). The fourth-order valence-electron chi connectivity index (χ4n) is 5.92. The lowest BCUT2D eigenvalue weighted by Crippen LogP contribution is -2.36. The molecule has 180 valence electrons. The Morgan fingerprint density at radius 2 is 1.71 bits per heavy atom. The van der Waals surface area contributed by atoms with Gasteiger partial charge in [-0.25, -0.2) is 0 Å². The molecule has 3 aliphatic heterocycles. The number of allylic oxidation sites excluding steroid dienone is 1. The van der Waals surface area contributed by atoms with Crippen LogP contribution in [0.4, 0.5) is 0 Å². The second-order valence-electron chi connectivity index (χ2n) is 9.41. The molecule has 3 aromatic carbocycles. The maximum Gasteiger partial charge on any atom is 0.231 e. The van der Waals surface area contributed by atoms with E-state index in [1.165, 1.54) is 39.1 Å². The molecule has 0 aromatic heterocycles. The molecule has 3 heterocycles. The van der Waals surface area contributed by atoms with Gasteiger partial charge < -0.3 is 23.8 Å². The monoisotopic (exact) mass is 469 g/mol. The standard InChI is InChI=1S/C30H31NO4/c1-19-28-22(12-13-25(32-2)30(28)33-3)23(11-7-10-20-8-5-4-6-9-20)29-24-17-27-26(34-18-35-27)16-21(24)14-15-31(19)29/h4-6,8-9,12-13,16-17,19H,7,10-11,14-15,18H2,1-3H3/t19-/m0/s1. The number of methoxy groups -OCH3 is 2. The minimum absolute atomic E-state index is 0.168. The Morgan fingerprint density at radius 1 is 0.914 bits per heavy atom. The first-order chi connectivity index (χ1) is 17.2. The highest BCUT2D eigenvalue weighted by atomic mass is 16.7. The molecular weight excluding hydrogens is 438 g/mol. The highest BCUT2D eigenvalue weighted by Gasteiger charge is 2.37. The topological polar surface area (TPSA) is 40.2 Å². The van der Waals surface area contributed by atoms with Crippen molar-refractivity contribution < 1.29 is 18.9 Å². The summed E-state index contributed by atoms with van der Waals surface area (Å²) in [6, 6.07) is 19.5. The van der Waals surface area contributed by atoms with Crippen molar-refractivity contribution in [2.45, 2.75) is 38.6 Å². The zero-order valence-electron chi connectivity index (χ0n) is 20.6. The zero-order valence-corrected chi connectivity index (χ0v) is 20.6. The second-order valence-corrected chi connectivity index (χ2v) is 9.41. The van der Waals surface area contributed by atoms with Crippen LogP contribution in [0.15, 0.2) is 54.6 Å². The molecule has 0 unspecified atom stereocenters. The molecule has 0 amide bonds. The summed E-state index contributed by atoms with van der Waals surface area (Å²) >= 11 is 0. The fraction of sp³-hybridized carbons (Fsp3) is 0.333. The Balaban J connectivity index is 1.51. The van der Waals surface area contributed by atoms with E-state index >= 15 is 0 Å². The highest BCUT2D eigenvalue weighted by molar-refractivity contribution is 5.95. The van der Waals surface area contributed by atoms with Gasteiger partial charge in [0.1, 0.15) is 0 Å². The Kier molecular flexibility index (Phi) is 5.56. The first-order valence-electron chi connectivity index (χ1n) is 12.4. The molecule has 0 saturated heterocycles. The molecule has 35 heavy (non-hydrogen) atoms. The molecule has 3 aliphatic rings. The lowest BCUT2D eigenvalue weighted by Gasteiger charge is -2.44. The van der Waals surface area contributed by atoms with Crippen molar-refractivity contribution in [2.75, 3.05) is 27.6 Å². The summed E-state index contributed by atoms with van der Waals surface area (Å²) in [4.78, 5) is 2.55. The predicted octanol–water partition coefficient (Wildman–Crippen LogP) is 6.26. The van der Waals surface area contributed by atoms with Crippen LogP contribution in [0.25, 0.3) is 11.3 Å². The van der Waals surface area contributed by atoms with Gasteiger partial charge in [0.25, 0.3) is 0 Å². The highest BCUT2D eigenvalue weighted by Crippen LogP contribution is 2.53. The molecule has 1 atom stereocenters. The summed E-state index contributed by atoms with van der Waals surface area (Å²) in [5.41, 5.74) is 9.15. The van der Waals surface area contributed by atoms with E-state index in [2.05, 4.69) is 60.4 Å². The number of benzene rings is 3. The van der Waals surface area contributed by atoms with Crippen molar-refractivity contribution in [1.82, 2.24) is 4.90 Å². The van der Waals surface area contributed by atoms with Gasteiger partial charge in [-0.2, -0.15) is 0 Å². The van der Waals surface area contributed by atoms with Gasteiger partial charge in [0.15, 0.2) is 23.0 Å². The SMILES string of the molecule is COc1ccc2c(c1OC)[C@H](C)N1CCc3cc4c(cc3C1=C2CCCc1ccccc1)OCO4. The summed E-state index contributed by atoms with van der Waals surface area (Å²) in [6.45, 7) is 3.52. The van der Waals surface area contributed by atoms with Crippen LogP contribution < -0.4 is 18.9 Å². The average Bonchev–Trinajstić information content (AvgIpc) is 3.36. The van der Waals surface area contributed by atoms with Crippen molar-refractivity contribution in [2.24, 2.45) is 0 Å². The first-order valence-corrected chi connectivity index (χ1v) is 12.4. The van der Waals surface area contributed by atoms with Crippen LogP contribution in [-0.2, 0) is 12.8 Å². The maximum atomic E-state index is 5.93. The van der Waals surface area contributed by atoms with Gasteiger partial charge >= 0.3 is 0 Å².